The third kappa shape index (κ3) is 3.48. The second-order valence-electron chi connectivity index (χ2n) is 4.05. The molecule has 2 N–H and O–H groups in total. The molecule has 1 unspecified atom stereocenters. The van der Waals surface area contributed by atoms with Gasteiger partial charge < -0.3 is 10.5 Å². The summed E-state index contributed by atoms with van der Waals surface area (Å²) >= 11 is 3.31. The molecule has 1 aromatic carbocycles. The van der Waals surface area contributed by atoms with Crippen molar-refractivity contribution in [2.75, 3.05) is 7.11 Å². The molecular weight excluding hydrogens is 313 g/mol. The highest BCUT2D eigenvalue weighted by Crippen LogP contribution is 2.21. The van der Waals surface area contributed by atoms with Crippen molar-refractivity contribution in [3.8, 4) is 5.88 Å². The van der Waals surface area contributed by atoms with E-state index in [0.717, 1.165) is 4.47 Å². The number of ether oxygens (including phenoxy) is 1. The molecule has 0 saturated carbocycles. The third-order valence-corrected chi connectivity index (χ3v) is 3.19. The molecule has 1 heterocycles. The number of nitrogens with zero attached hydrogens (tertiary/aromatic N) is 2. The second-order valence-corrected chi connectivity index (χ2v) is 4.96. The minimum Gasteiger partial charge on any atom is -0.480 e. The molecule has 100 valence electrons. The number of rotatable bonds is 4. The fraction of sp³-hybridized carbons (Fsp3) is 0.231. The molecule has 0 fully saturated rings. The molecule has 1 atom stereocenters. The first-order chi connectivity index (χ1) is 9.10. The lowest BCUT2D eigenvalue weighted by atomic mass is 10.0. The highest BCUT2D eigenvalue weighted by atomic mass is 79.9. The van der Waals surface area contributed by atoms with Crippen molar-refractivity contribution in [1.82, 2.24) is 10.2 Å². The Kier molecular flexibility index (Phi) is 4.44. The minimum atomic E-state index is -0.415. The lowest BCUT2D eigenvalue weighted by Gasteiger charge is -2.11. The van der Waals surface area contributed by atoms with Gasteiger partial charge in [-0.3, -0.25) is 0 Å². The van der Waals surface area contributed by atoms with E-state index >= 15 is 0 Å². The molecule has 0 aliphatic heterocycles. The molecule has 0 aliphatic rings. The summed E-state index contributed by atoms with van der Waals surface area (Å²) in [6.07, 6.45) is 0.353. The van der Waals surface area contributed by atoms with Crippen LogP contribution in [0.1, 0.15) is 17.3 Å². The Balaban J connectivity index is 2.15. The second kappa shape index (κ2) is 6.08. The topological polar surface area (TPSA) is 61.0 Å². The van der Waals surface area contributed by atoms with Crippen LogP contribution in [-0.4, -0.2) is 17.3 Å². The largest absolute Gasteiger partial charge is 0.480 e. The van der Waals surface area contributed by atoms with Crippen molar-refractivity contribution < 1.29 is 9.13 Å². The zero-order valence-electron chi connectivity index (χ0n) is 10.3. The number of aromatic nitrogens is 2. The van der Waals surface area contributed by atoms with Crippen LogP contribution >= 0.6 is 15.9 Å². The van der Waals surface area contributed by atoms with Crippen LogP contribution in [0.15, 0.2) is 34.8 Å². The van der Waals surface area contributed by atoms with Crippen molar-refractivity contribution >= 4 is 15.9 Å². The van der Waals surface area contributed by atoms with Crippen LogP contribution in [0.3, 0.4) is 0 Å². The van der Waals surface area contributed by atoms with Crippen molar-refractivity contribution in [2.45, 2.75) is 12.5 Å². The van der Waals surface area contributed by atoms with Crippen LogP contribution in [0.25, 0.3) is 0 Å². The van der Waals surface area contributed by atoms with Crippen molar-refractivity contribution in [2.24, 2.45) is 5.73 Å². The van der Waals surface area contributed by atoms with E-state index in [9.17, 15) is 4.39 Å². The molecule has 6 heteroatoms. The molecule has 0 bridgehead atoms. The normalized spacial score (nSPS) is 12.2. The number of hydrogen-bond donors (Lipinski definition) is 1. The van der Waals surface area contributed by atoms with E-state index in [2.05, 4.69) is 26.1 Å². The molecule has 4 nitrogen and oxygen atoms in total. The number of nitrogens with two attached hydrogens (primary N) is 1. The van der Waals surface area contributed by atoms with Crippen molar-refractivity contribution in [3.63, 3.8) is 0 Å². The fourth-order valence-electron chi connectivity index (χ4n) is 1.68. The maximum Gasteiger partial charge on any atom is 0.233 e. The van der Waals surface area contributed by atoms with Crippen LogP contribution < -0.4 is 10.5 Å². The molecule has 2 aromatic rings. The molecule has 19 heavy (non-hydrogen) atoms. The standard InChI is InChI=1S/C13H13BrFN3O/c1-19-13-5-4-12(17-18-13)11(16)7-8-6-9(14)2-3-10(8)15/h2-6,11H,7,16H2,1H3. The first-order valence-electron chi connectivity index (χ1n) is 5.67. The predicted octanol–water partition coefficient (Wildman–Crippen LogP) is 2.63. The van der Waals surface area contributed by atoms with Gasteiger partial charge in [-0.2, -0.15) is 5.10 Å². The van der Waals surface area contributed by atoms with Crippen LogP contribution in [0, 0.1) is 5.82 Å². The Labute approximate surface area is 118 Å². The summed E-state index contributed by atoms with van der Waals surface area (Å²) in [7, 11) is 1.51. The van der Waals surface area contributed by atoms with Crippen LogP contribution in [-0.2, 0) is 6.42 Å². The fourth-order valence-corrected chi connectivity index (χ4v) is 2.09. The summed E-state index contributed by atoms with van der Waals surface area (Å²) in [5.74, 6) is 0.143. The molecule has 0 spiro atoms. The van der Waals surface area contributed by atoms with E-state index in [-0.39, 0.29) is 5.82 Å². The van der Waals surface area contributed by atoms with Gasteiger partial charge in [-0.05, 0) is 36.2 Å². The van der Waals surface area contributed by atoms with E-state index in [1.807, 2.05) is 0 Å². The van der Waals surface area contributed by atoms with Gasteiger partial charge in [0.25, 0.3) is 0 Å². The Bertz CT molecular complexity index is 562. The molecule has 1 aromatic heterocycles. The lowest BCUT2D eigenvalue weighted by Crippen LogP contribution is -2.16. The average Bonchev–Trinajstić information content (AvgIpc) is 2.43. The van der Waals surface area contributed by atoms with Gasteiger partial charge in [0.1, 0.15) is 5.82 Å². The van der Waals surface area contributed by atoms with E-state index < -0.39 is 6.04 Å². The summed E-state index contributed by atoms with van der Waals surface area (Å²) in [6, 6.07) is 7.77. The number of hydrogen-bond acceptors (Lipinski definition) is 4. The van der Waals surface area contributed by atoms with Gasteiger partial charge in [0, 0.05) is 10.5 Å². The lowest BCUT2D eigenvalue weighted by molar-refractivity contribution is 0.390. The first-order valence-corrected chi connectivity index (χ1v) is 6.46. The highest BCUT2D eigenvalue weighted by molar-refractivity contribution is 9.10. The highest BCUT2D eigenvalue weighted by Gasteiger charge is 2.12. The van der Waals surface area contributed by atoms with Crippen LogP contribution in [0.5, 0.6) is 5.88 Å². The number of methoxy groups -OCH3 is 1. The molecule has 2 rings (SSSR count). The zero-order chi connectivity index (χ0) is 13.8. The van der Waals surface area contributed by atoms with Crippen molar-refractivity contribution in [1.29, 1.82) is 0 Å². The van der Waals surface area contributed by atoms with Gasteiger partial charge in [0.05, 0.1) is 18.8 Å². The van der Waals surface area contributed by atoms with Crippen LogP contribution in [0.4, 0.5) is 4.39 Å². The monoisotopic (exact) mass is 325 g/mol. The predicted molar refractivity (Wildman–Crippen MR) is 73.3 cm³/mol. The summed E-state index contributed by atoms with van der Waals surface area (Å²) in [6.45, 7) is 0. The van der Waals surface area contributed by atoms with Crippen molar-refractivity contribution in [3.05, 3.63) is 51.9 Å². The Morgan fingerprint density at radius 2 is 2.11 bits per heavy atom. The molecule has 0 amide bonds. The maximum absolute atomic E-state index is 13.6. The quantitative estimate of drug-likeness (QED) is 0.938. The summed E-state index contributed by atoms with van der Waals surface area (Å²) in [5.41, 5.74) is 7.15. The Morgan fingerprint density at radius 1 is 1.32 bits per heavy atom. The van der Waals surface area contributed by atoms with Gasteiger partial charge >= 0.3 is 0 Å². The van der Waals surface area contributed by atoms with Gasteiger partial charge in [-0.1, -0.05) is 15.9 Å². The van der Waals surface area contributed by atoms with Gasteiger partial charge in [0.2, 0.25) is 5.88 Å². The van der Waals surface area contributed by atoms with E-state index in [4.69, 9.17) is 10.5 Å². The van der Waals surface area contributed by atoms with E-state index in [1.165, 1.54) is 13.2 Å². The van der Waals surface area contributed by atoms with E-state index in [1.54, 1.807) is 24.3 Å². The van der Waals surface area contributed by atoms with Gasteiger partial charge in [0.15, 0.2) is 0 Å². The van der Waals surface area contributed by atoms with Crippen LogP contribution in [0.2, 0.25) is 0 Å². The maximum atomic E-state index is 13.6. The molecule has 0 radical (unpaired) electrons. The average molecular weight is 326 g/mol. The summed E-state index contributed by atoms with van der Waals surface area (Å²) in [4.78, 5) is 0. The Morgan fingerprint density at radius 3 is 2.74 bits per heavy atom. The van der Waals surface area contributed by atoms with Gasteiger partial charge in [-0.15, -0.1) is 5.10 Å². The molecule has 0 aliphatic carbocycles. The zero-order valence-corrected chi connectivity index (χ0v) is 11.9. The Hall–Kier alpha value is -1.53. The smallest absolute Gasteiger partial charge is 0.233 e. The molecule has 0 saturated heterocycles. The number of benzene rings is 1. The summed E-state index contributed by atoms with van der Waals surface area (Å²) in [5, 5.41) is 7.81. The molecular formula is C13H13BrFN3O. The number of halogens is 2. The first kappa shape index (κ1) is 13.9. The third-order valence-electron chi connectivity index (χ3n) is 2.70. The summed E-state index contributed by atoms with van der Waals surface area (Å²) < 4.78 is 19.4. The van der Waals surface area contributed by atoms with Gasteiger partial charge in [-0.25, -0.2) is 4.39 Å². The SMILES string of the molecule is COc1ccc(C(N)Cc2cc(Br)ccc2F)nn1. The van der Waals surface area contributed by atoms with E-state index in [0.29, 0.717) is 23.6 Å². The minimum absolute atomic E-state index is 0.278.